The molecule has 0 radical (unpaired) electrons. The maximum absolute atomic E-state index is 11.5. The number of nitrogens with zero attached hydrogens (tertiary/aromatic N) is 4. The topological polar surface area (TPSA) is 113 Å². The van der Waals surface area contributed by atoms with Crippen LogP contribution in [0.4, 0.5) is 4.79 Å². The second kappa shape index (κ2) is 8.47. The summed E-state index contributed by atoms with van der Waals surface area (Å²) in [5.41, 5.74) is 6.88. The zero-order chi connectivity index (χ0) is 17.2. The fraction of sp³-hybridized carbons (Fsp3) is 0. The molecule has 0 heterocycles. The van der Waals surface area contributed by atoms with E-state index in [1.165, 1.54) is 12.4 Å². The molecule has 2 rings (SSSR count). The molecule has 116 valence electrons. The van der Waals surface area contributed by atoms with E-state index in [9.17, 15) is 4.79 Å². The van der Waals surface area contributed by atoms with Crippen LogP contribution >= 0.6 is 0 Å². The van der Waals surface area contributed by atoms with Gasteiger partial charge < -0.3 is 0 Å². The molecule has 0 saturated carbocycles. The van der Waals surface area contributed by atoms with Crippen molar-refractivity contribution in [2.45, 2.75) is 0 Å². The van der Waals surface area contributed by atoms with Gasteiger partial charge in [0.25, 0.3) is 0 Å². The number of carbonyl (C=O) groups excluding carboxylic acids is 1. The summed E-state index contributed by atoms with van der Waals surface area (Å²) < 4.78 is 0. The molecular formula is C17H12N6O. The number of nitrogens with one attached hydrogen (secondary N) is 2. The Morgan fingerprint density at radius 2 is 1.33 bits per heavy atom. The van der Waals surface area contributed by atoms with E-state index in [-0.39, 0.29) is 0 Å². The first-order valence-corrected chi connectivity index (χ1v) is 6.84. The van der Waals surface area contributed by atoms with Crippen LogP contribution in [-0.2, 0) is 0 Å². The Morgan fingerprint density at radius 1 is 0.875 bits per heavy atom. The van der Waals surface area contributed by atoms with Crippen molar-refractivity contribution in [3.8, 4) is 12.1 Å². The van der Waals surface area contributed by atoms with Crippen molar-refractivity contribution in [1.29, 1.82) is 10.5 Å². The molecule has 0 aliphatic carbocycles. The lowest BCUT2D eigenvalue weighted by molar-refractivity contribution is 0.242. The van der Waals surface area contributed by atoms with Crippen LogP contribution in [0.2, 0.25) is 0 Å². The molecule has 2 aromatic rings. The third-order valence-corrected chi connectivity index (χ3v) is 2.79. The molecule has 0 unspecified atom stereocenters. The third-order valence-electron chi connectivity index (χ3n) is 2.79. The minimum Gasteiger partial charge on any atom is -0.245 e. The molecule has 7 nitrogen and oxygen atoms in total. The molecule has 2 aromatic carbocycles. The maximum Gasteiger partial charge on any atom is 0.355 e. The van der Waals surface area contributed by atoms with E-state index in [1.807, 2.05) is 12.1 Å². The zero-order valence-corrected chi connectivity index (χ0v) is 12.5. The molecule has 24 heavy (non-hydrogen) atoms. The van der Waals surface area contributed by atoms with Gasteiger partial charge in [-0.2, -0.15) is 20.7 Å². The Morgan fingerprint density at radius 3 is 1.75 bits per heavy atom. The quantitative estimate of drug-likeness (QED) is 0.665. The second-order valence-electron chi connectivity index (χ2n) is 4.54. The molecule has 0 saturated heterocycles. The summed E-state index contributed by atoms with van der Waals surface area (Å²) in [5.74, 6) is 0. The van der Waals surface area contributed by atoms with E-state index in [4.69, 9.17) is 10.5 Å². The van der Waals surface area contributed by atoms with Gasteiger partial charge in [-0.05, 0) is 35.4 Å². The smallest absolute Gasteiger partial charge is 0.245 e. The zero-order valence-electron chi connectivity index (χ0n) is 12.5. The summed E-state index contributed by atoms with van der Waals surface area (Å²) >= 11 is 0. The van der Waals surface area contributed by atoms with Gasteiger partial charge in [0.1, 0.15) is 0 Å². The van der Waals surface area contributed by atoms with Crippen LogP contribution in [0.1, 0.15) is 22.3 Å². The van der Waals surface area contributed by atoms with Crippen LogP contribution in [0.25, 0.3) is 0 Å². The number of hydrazone groups is 2. The van der Waals surface area contributed by atoms with Gasteiger partial charge in [-0.15, -0.1) is 0 Å². The molecule has 0 atom stereocenters. The van der Waals surface area contributed by atoms with E-state index in [0.717, 1.165) is 0 Å². The molecule has 7 heteroatoms. The predicted molar refractivity (Wildman–Crippen MR) is 89.2 cm³/mol. The van der Waals surface area contributed by atoms with Gasteiger partial charge >= 0.3 is 6.03 Å². The number of urea groups is 1. The van der Waals surface area contributed by atoms with Crippen molar-refractivity contribution in [3.63, 3.8) is 0 Å². The number of hydrogen-bond acceptors (Lipinski definition) is 5. The number of amides is 2. The van der Waals surface area contributed by atoms with Crippen molar-refractivity contribution < 1.29 is 4.79 Å². The van der Waals surface area contributed by atoms with E-state index >= 15 is 0 Å². The number of nitriles is 2. The molecule has 2 N–H and O–H groups in total. The van der Waals surface area contributed by atoms with Crippen molar-refractivity contribution in [1.82, 2.24) is 10.9 Å². The van der Waals surface area contributed by atoms with Crippen LogP contribution in [0.5, 0.6) is 0 Å². The lowest BCUT2D eigenvalue weighted by atomic mass is 10.1. The molecule has 0 spiro atoms. The number of carbonyl (C=O) groups is 1. The molecule has 0 fully saturated rings. The molecular weight excluding hydrogens is 304 g/mol. The van der Waals surface area contributed by atoms with Crippen LogP contribution < -0.4 is 10.9 Å². The Hall–Kier alpha value is -3.97. The fourth-order valence-corrected chi connectivity index (χ4v) is 1.73. The first kappa shape index (κ1) is 16.4. The average Bonchev–Trinajstić information content (AvgIpc) is 2.62. The summed E-state index contributed by atoms with van der Waals surface area (Å²) in [7, 11) is 0. The van der Waals surface area contributed by atoms with Crippen LogP contribution in [0.3, 0.4) is 0 Å². The summed E-state index contributed by atoms with van der Waals surface area (Å²) in [4.78, 5) is 11.5. The van der Waals surface area contributed by atoms with E-state index in [2.05, 4.69) is 21.1 Å². The summed E-state index contributed by atoms with van der Waals surface area (Å²) in [6, 6.07) is 17.0. The highest BCUT2D eigenvalue weighted by Gasteiger charge is 1.96. The van der Waals surface area contributed by atoms with Crippen molar-refractivity contribution in [2.75, 3.05) is 0 Å². The average molecular weight is 316 g/mol. The molecule has 0 aliphatic rings. The lowest BCUT2D eigenvalue weighted by Crippen LogP contribution is -2.28. The lowest BCUT2D eigenvalue weighted by Gasteiger charge is -1.98. The monoisotopic (exact) mass is 316 g/mol. The molecule has 2 amide bonds. The van der Waals surface area contributed by atoms with E-state index < -0.39 is 6.03 Å². The summed E-state index contributed by atoms with van der Waals surface area (Å²) in [6.45, 7) is 0. The van der Waals surface area contributed by atoms with Gasteiger partial charge in [-0.1, -0.05) is 24.3 Å². The first-order chi connectivity index (χ1) is 11.7. The number of rotatable bonds is 4. The van der Waals surface area contributed by atoms with Crippen molar-refractivity contribution >= 4 is 18.5 Å². The van der Waals surface area contributed by atoms with E-state index in [1.54, 1.807) is 48.5 Å². The highest BCUT2D eigenvalue weighted by Crippen LogP contribution is 2.01. The van der Waals surface area contributed by atoms with Crippen LogP contribution in [0.15, 0.2) is 58.7 Å². The summed E-state index contributed by atoms with van der Waals surface area (Å²) in [5, 5.41) is 25.1. The fourth-order valence-electron chi connectivity index (χ4n) is 1.73. The Bertz CT molecular complexity index is 802. The number of benzene rings is 2. The highest BCUT2D eigenvalue weighted by molar-refractivity contribution is 5.84. The third kappa shape index (κ3) is 5.10. The Balaban J connectivity index is 1.85. The van der Waals surface area contributed by atoms with Gasteiger partial charge in [0.15, 0.2) is 0 Å². The summed E-state index contributed by atoms with van der Waals surface area (Å²) in [6.07, 6.45) is 2.83. The van der Waals surface area contributed by atoms with Gasteiger partial charge in [0, 0.05) is 0 Å². The Labute approximate surface area is 138 Å². The number of hydrogen-bond donors (Lipinski definition) is 2. The molecule has 0 aromatic heterocycles. The first-order valence-electron chi connectivity index (χ1n) is 6.84. The van der Waals surface area contributed by atoms with E-state index in [0.29, 0.717) is 22.3 Å². The molecule has 0 aliphatic heterocycles. The predicted octanol–water partition coefficient (Wildman–Crippen LogP) is 2.10. The highest BCUT2D eigenvalue weighted by atomic mass is 16.2. The van der Waals surface area contributed by atoms with Gasteiger partial charge in [0.05, 0.1) is 35.7 Å². The van der Waals surface area contributed by atoms with Crippen molar-refractivity contribution in [3.05, 3.63) is 70.8 Å². The SMILES string of the molecule is N#Cc1cccc(C=NNC(=O)NN=Cc2cccc(C#N)c2)c1. The maximum atomic E-state index is 11.5. The van der Waals surface area contributed by atoms with Crippen LogP contribution in [-0.4, -0.2) is 18.5 Å². The van der Waals surface area contributed by atoms with Gasteiger partial charge in [-0.3, -0.25) is 0 Å². The largest absolute Gasteiger partial charge is 0.355 e. The van der Waals surface area contributed by atoms with Crippen LogP contribution in [0, 0.1) is 22.7 Å². The van der Waals surface area contributed by atoms with Gasteiger partial charge in [-0.25, -0.2) is 15.6 Å². The minimum atomic E-state index is -0.615. The Kier molecular flexibility index (Phi) is 5.79. The molecule has 0 bridgehead atoms. The standard InChI is InChI=1S/C17H12N6O/c18-9-13-3-1-5-15(7-13)11-20-22-17(24)23-21-12-16-6-2-4-14(8-16)10-19/h1-8,11-12H,(H2,22,23,24). The normalized spacial score (nSPS) is 10.2. The minimum absolute atomic E-state index is 0.507. The van der Waals surface area contributed by atoms with Gasteiger partial charge in [0.2, 0.25) is 0 Å². The van der Waals surface area contributed by atoms with Crippen molar-refractivity contribution in [2.24, 2.45) is 10.2 Å². The second-order valence-corrected chi connectivity index (χ2v) is 4.54.